The lowest BCUT2D eigenvalue weighted by Crippen LogP contribution is -2.04. The molecule has 0 amide bonds. The van der Waals surface area contributed by atoms with Crippen molar-refractivity contribution in [1.82, 2.24) is 0 Å². The third-order valence-electron chi connectivity index (χ3n) is 0.815. The van der Waals surface area contributed by atoms with Crippen LogP contribution in [0, 0.1) is 11.8 Å². The maximum Gasteiger partial charge on any atom is 0.265 e. The molecule has 0 aromatic carbocycles. The molecule has 0 aliphatic rings. The van der Waals surface area contributed by atoms with Gasteiger partial charge in [0.1, 0.15) is 13.2 Å². The van der Waals surface area contributed by atoms with Gasteiger partial charge >= 0.3 is 0 Å². The van der Waals surface area contributed by atoms with E-state index in [1.807, 2.05) is 0 Å². The molecule has 0 bridgehead atoms. The van der Waals surface area contributed by atoms with Crippen LogP contribution in [0.1, 0.15) is 0 Å². The third-order valence-corrected chi connectivity index (χ3v) is 1.91. The molecule has 0 aliphatic heterocycles. The average molecular weight is 242 g/mol. The summed E-state index contributed by atoms with van der Waals surface area (Å²) in [5, 5.41) is 0. The summed E-state index contributed by atoms with van der Waals surface area (Å²) in [5.74, 6) is 4.55. The van der Waals surface area contributed by atoms with Crippen LogP contribution in [0.3, 0.4) is 0 Å². The largest absolute Gasteiger partial charge is 0.265 e. The Morgan fingerprint density at radius 2 is 1.14 bits per heavy atom. The van der Waals surface area contributed by atoms with Crippen LogP contribution >= 0.6 is 0 Å². The Kier molecular flexibility index (Phi) is 5.07. The average Bonchev–Trinajstić information content (AvgIpc) is 1.92. The minimum atomic E-state index is -3.50. The van der Waals surface area contributed by atoms with Crippen molar-refractivity contribution in [2.24, 2.45) is 0 Å². The second kappa shape index (κ2) is 5.31. The van der Waals surface area contributed by atoms with Gasteiger partial charge in [0, 0.05) is 0 Å². The van der Waals surface area contributed by atoms with Crippen LogP contribution < -0.4 is 0 Å². The van der Waals surface area contributed by atoms with Crippen LogP contribution in [0.2, 0.25) is 0 Å². The fourth-order valence-corrected chi connectivity index (χ4v) is 0.921. The van der Waals surface area contributed by atoms with E-state index >= 15 is 0 Å². The zero-order valence-corrected chi connectivity index (χ0v) is 9.31. The summed E-state index contributed by atoms with van der Waals surface area (Å²) in [6, 6.07) is 0. The summed E-state index contributed by atoms with van der Waals surface area (Å²) in [4.78, 5) is 0. The van der Waals surface area contributed by atoms with Gasteiger partial charge in [-0.2, -0.15) is 16.8 Å². The Morgan fingerprint density at radius 3 is 1.36 bits per heavy atom. The van der Waals surface area contributed by atoms with E-state index in [2.05, 4.69) is 20.2 Å². The van der Waals surface area contributed by atoms with Crippen molar-refractivity contribution >= 4 is 20.2 Å². The Balaban J connectivity index is 3.77. The van der Waals surface area contributed by atoms with E-state index in [0.717, 1.165) is 12.5 Å². The van der Waals surface area contributed by atoms with Crippen molar-refractivity contribution in [2.45, 2.75) is 0 Å². The van der Waals surface area contributed by atoms with E-state index in [1.54, 1.807) is 0 Å². The van der Waals surface area contributed by atoms with E-state index in [9.17, 15) is 16.8 Å². The number of hydrogen-bond donors (Lipinski definition) is 0. The Bertz CT molecular complexity index is 381. The molecule has 14 heavy (non-hydrogen) atoms. The van der Waals surface area contributed by atoms with E-state index in [-0.39, 0.29) is 13.2 Å². The summed E-state index contributed by atoms with van der Waals surface area (Å²) >= 11 is 0. The zero-order valence-electron chi connectivity index (χ0n) is 7.68. The topological polar surface area (TPSA) is 86.7 Å². The predicted molar refractivity (Wildman–Crippen MR) is 49.4 cm³/mol. The maximum atomic E-state index is 10.4. The molecule has 0 N–H and O–H groups in total. The van der Waals surface area contributed by atoms with Crippen LogP contribution in [-0.2, 0) is 28.6 Å². The molecule has 0 aromatic heterocycles. The predicted octanol–water partition coefficient (Wildman–Crippen LogP) is -1.06. The normalized spacial score (nSPS) is 11.9. The summed E-state index contributed by atoms with van der Waals surface area (Å²) in [5.41, 5.74) is 0. The van der Waals surface area contributed by atoms with Crippen molar-refractivity contribution in [3.63, 3.8) is 0 Å². The van der Waals surface area contributed by atoms with Gasteiger partial charge in [-0.25, -0.2) is 0 Å². The summed E-state index contributed by atoms with van der Waals surface area (Å²) in [6.07, 6.45) is 1.78. The van der Waals surface area contributed by atoms with Crippen molar-refractivity contribution in [3.05, 3.63) is 0 Å². The smallest absolute Gasteiger partial charge is 0.257 e. The first kappa shape index (κ1) is 13.4. The zero-order chi connectivity index (χ0) is 11.2. The van der Waals surface area contributed by atoms with Gasteiger partial charge in [0.2, 0.25) is 0 Å². The van der Waals surface area contributed by atoms with Gasteiger partial charge < -0.3 is 0 Å². The molecule has 0 radical (unpaired) electrons. The maximum absolute atomic E-state index is 10.4. The lowest BCUT2D eigenvalue weighted by atomic mass is 10.6. The van der Waals surface area contributed by atoms with E-state index in [1.165, 1.54) is 0 Å². The highest BCUT2D eigenvalue weighted by Crippen LogP contribution is 1.85. The van der Waals surface area contributed by atoms with Crippen molar-refractivity contribution in [1.29, 1.82) is 0 Å². The lowest BCUT2D eigenvalue weighted by molar-refractivity contribution is 0.360. The first-order valence-electron chi connectivity index (χ1n) is 3.35. The first-order chi connectivity index (χ1) is 6.21. The SMILES string of the molecule is CS(=O)(=O)OCC#CCOS(C)(=O)=O. The van der Waals surface area contributed by atoms with Gasteiger partial charge in [0.15, 0.2) is 0 Å². The number of hydrogen-bond acceptors (Lipinski definition) is 6. The van der Waals surface area contributed by atoms with E-state index < -0.39 is 20.2 Å². The molecule has 0 aliphatic carbocycles. The highest BCUT2D eigenvalue weighted by atomic mass is 32.2. The molecule has 82 valence electrons. The van der Waals surface area contributed by atoms with Gasteiger partial charge in [-0.15, -0.1) is 0 Å². The standard InChI is InChI=1S/C6H10O6S2/c1-13(7,8)11-5-3-4-6-12-14(2,9)10/h5-6H2,1-2H3. The molecular weight excluding hydrogens is 232 g/mol. The highest BCUT2D eigenvalue weighted by Gasteiger charge is 1.98. The van der Waals surface area contributed by atoms with Crippen LogP contribution in [0.25, 0.3) is 0 Å². The van der Waals surface area contributed by atoms with Crippen LogP contribution in [0.15, 0.2) is 0 Å². The van der Waals surface area contributed by atoms with Gasteiger partial charge in [-0.3, -0.25) is 8.37 Å². The molecule has 0 unspecified atom stereocenters. The monoisotopic (exact) mass is 242 g/mol. The molecular formula is C6H10O6S2. The first-order valence-corrected chi connectivity index (χ1v) is 6.98. The fourth-order valence-electron chi connectivity index (χ4n) is 0.375. The fraction of sp³-hybridized carbons (Fsp3) is 0.667. The minimum Gasteiger partial charge on any atom is -0.257 e. The van der Waals surface area contributed by atoms with Crippen molar-refractivity contribution in [2.75, 3.05) is 25.7 Å². The Hall–Kier alpha value is -0.620. The summed E-state index contributed by atoms with van der Waals surface area (Å²) < 4.78 is 50.1. The summed E-state index contributed by atoms with van der Waals surface area (Å²) in [6.45, 7) is -0.627. The molecule has 0 aromatic rings. The molecule has 0 fully saturated rings. The van der Waals surface area contributed by atoms with Crippen LogP contribution in [0.5, 0.6) is 0 Å². The Labute approximate surface area is 83.5 Å². The quantitative estimate of drug-likeness (QED) is 0.461. The molecule has 6 nitrogen and oxygen atoms in total. The van der Waals surface area contributed by atoms with Crippen molar-refractivity contribution < 1.29 is 25.2 Å². The lowest BCUT2D eigenvalue weighted by Gasteiger charge is -1.93. The van der Waals surface area contributed by atoms with Gasteiger partial charge in [-0.05, 0) is 0 Å². The molecule has 0 atom stereocenters. The van der Waals surface area contributed by atoms with Gasteiger partial charge in [-0.1, -0.05) is 11.8 Å². The summed E-state index contributed by atoms with van der Waals surface area (Å²) in [7, 11) is -7.00. The van der Waals surface area contributed by atoms with E-state index in [4.69, 9.17) is 0 Å². The third kappa shape index (κ3) is 11.4. The van der Waals surface area contributed by atoms with Gasteiger partial charge in [0.25, 0.3) is 20.2 Å². The minimum absolute atomic E-state index is 0.314. The van der Waals surface area contributed by atoms with Crippen LogP contribution in [-0.4, -0.2) is 42.6 Å². The van der Waals surface area contributed by atoms with E-state index in [0.29, 0.717) is 0 Å². The second-order valence-corrected chi connectivity index (χ2v) is 5.57. The molecule has 0 rings (SSSR count). The van der Waals surface area contributed by atoms with Crippen LogP contribution in [0.4, 0.5) is 0 Å². The molecule has 0 spiro atoms. The molecule has 0 saturated carbocycles. The molecule has 8 heteroatoms. The number of rotatable bonds is 4. The Morgan fingerprint density at radius 1 is 0.857 bits per heavy atom. The second-order valence-electron chi connectivity index (χ2n) is 2.29. The molecule has 0 heterocycles. The van der Waals surface area contributed by atoms with Gasteiger partial charge in [0.05, 0.1) is 12.5 Å². The highest BCUT2D eigenvalue weighted by molar-refractivity contribution is 7.86. The van der Waals surface area contributed by atoms with Crippen molar-refractivity contribution in [3.8, 4) is 11.8 Å². The molecule has 0 saturated heterocycles.